The van der Waals surface area contributed by atoms with Gasteiger partial charge in [-0.25, -0.2) is 0 Å². The topological polar surface area (TPSA) is 13.0 Å². The molecule has 5 aliphatic rings. The molecular formula is C64H53BN4. The molecule has 10 aromatic rings. The fourth-order valence-corrected chi connectivity index (χ4v) is 14.8. The SMILES string of the molecule is CCC1=CC2C3B4c5c(cccc5N(c5cccc6c7ccccc7c7ccccc7c56)C3N(C)C2C=C1)N(c1cccc2c3ccccc3c3ccccc3c12)C1C4c2cc(CC)ccc2N1C. The lowest BCUT2D eigenvalue weighted by molar-refractivity contribution is 0.266. The third kappa shape index (κ3) is 5.19. The van der Waals surface area contributed by atoms with E-state index in [0.717, 1.165) is 12.8 Å². The summed E-state index contributed by atoms with van der Waals surface area (Å²) >= 11 is 0. The molecule has 6 atom stereocenters. The van der Waals surface area contributed by atoms with E-state index < -0.39 is 0 Å². The zero-order chi connectivity index (χ0) is 45.8. The van der Waals surface area contributed by atoms with E-state index in [1.165, 1.54) is 115 Å². The Morgan fingerprint density at radius 2 is 0.928 bits per heavy atom. The molecule has 69 heavy (non-hydrogen) atoms. The highest BCUT2D eigenvalue weighted by Crippen LogP contribution is 2.61. The van der Waals surface area contributed by atoms with Crippen molar-refractivity contribution in [3.63, 3.8) is 0 Å². The first-order valence-electron chi connectivity index (χ1n) is 25.4. The molecule has 0 bridgehead atoms. The van der Waals surface area contributed by atoms with Crippen molar-refractivity contribution >= 4 is 105 Å². The molecule has 4 heterocycles. The Kier molecular flexibility index (Phi) is 8.38. The second-order valence-corrected chi connectivity index (χ2v) is 20.5. The minimum Gasteiger partial charge on any atom is -0.354 e. The van der Waals surface area contributed by atoms with E-state index in [4.69, 9.17) is 0 Å². The van der Waals surface area contributed by atoms with E-state index in [1.54, 1.807) is 0 Å². The Labute approximate surface area is 404 Å². The van der Waals surface area contributed by atoms with Crippen molar-refractivity contribution < 1.29 is 0 Å². The smallest absolute Gasteiger partial charge is 0.201 e. The van der Waals surface area contributed by atoms with Crippen LogP contribution in [0.1, 0.15) is 37.2 Å². The average molecular weight is 889 g/mol. The maximum atomic E-state index is 2.84. The second-order valence-electron chi connectivity index (χ2n) is 20.5. The van der Waals surface area contributed by atoms with Crippen molar-refractivity contribution in [2.75, 3.05) is 28.8 Å². The molecule has 0 amide bonds. The summed E-state index contributed by atoms with van der Waals surface area (Å²) in [7, 11) is 4.82. The van der Waals surface area contributed by atoms with Gasteiger partial charge in [-0.1, -0.05) is 177 Å². The zero-order valence-corrected chi connectivity index (χ0v) is 39.6. The van der Waals surface area contributed by atoms with Gasteiger partial charge in [0.15, 0.2) is 0 Å². The van der Waals surface area contributed by atoms with E-state index in [0.29, 0.717) is 11.7 Å². The quantitative estimate of drug-likeness (QED) is 0.129. The number of benzene rings is 10. The number of anilines is 5. The van der Waals surface area contributed by atoms with E-state index in [2.05, 4.69) is 236 Å². The molecule has 0 aromatic heterocycles. The summed E-state index contributed by atoms with van der Waals surface area (Å²) in [4.78, 5) is 11.1. The molecule has 1 saturated heterocycles. The van der Waals surface area contributed by atoms with Crippen molar-refractivity contribution in [3.05, 3.63) is 205 Å². The Bertz CT molecular complexity index is 3820. The molecule has 4 nitrogen and oxygen atoms in total. The summed E-state index contributed by atoms with van der Waals surface area (Å²) in [6.45, 7) is 4.89. The van der Waals surface area contributed by atoms with Crippen molar-refractivity contribution in [3.8, 4) is 0 Å². The number of allylic oxidation sites excluding steroid dienone is 2. The van der Waals surface area contributed by atoms with Crippen LogP contribution in [0.2, 0.25) is 5.82 Å². The predicted molar refractivity (Wildman–Crippen MR) is 295 cm³/mol. The van der Waals surface area contributed by atoms with Gasteiger partial charge in [-0.05, 0) is 132 Å². The number of nitrogens with zero attached hydrogens (tertiary/aromatic N) is 4. The van der Waals surface area contributed by atoms with Gasteiger partial charge < -0.3 is 14.7 Å². The largest absolute Gasteiger partial charge is 0.354 e. The van der Waals surface area contributed by atoms with Crippen molar-refractivity contribution in [2.24, 2.45) is 5.92 Å². The molecule has 0 saturated carbocycles. The molecule has 15 rings (SSSR count). The minimum atomic E-state index is 0.0499. The van der Waals surface area contributed by atoms with Gasteiger partial charge in [0.25, 0.3) is 0 Å². The lowest BCUT2D eigenvalue weighted by Gasteiger charge is -2.54. The normalized spacial score (nSPS) is 22.5. The van der Waals surface area contributed by atoms with Crippen LogP contribution >= 0.6 is 0 Å². The van der Waals surface area contributed by atoms with Crippen LogP contribution in [0, 0.1) is 5.92 Å². The summed E-state index contributed by atoms with van der Waals surface area (Å²) in [6.07, 6.45) is 9.89. The number of hydrogen-bond acceptors (Lipinski definition) is 4. The van der Waals surface area contributed by atoms with Gasteiger partial charge >= 0.3 is 0 Å². The first-order valence-corrected chi connectivity index (χ1v) is 25.4. The number of likely N-dealkylation sites (tertiary alicyclic amines) is 1. The zero-order valence-electron chi connectivity index (χ0n) is 39.6. The number of aryl methyl sites for hydroxylation is 1. The molecule has 0 spiro atoms. The van der Waals surface area contributed by atoms with Gasteiger partial charge in [0, 0.05) is 46.7 Å². The lowest BCUT2D eigenvalue weighted by Crippen LogP contribution is -2.66. The predicted octanol–water partition coefficient (Wildman–Crippen LogP) is 14.8. The average Bonchev–Trinajstić information content (AvgIpc) is 3.87. The Balaban J connectivity index is 1.09. The maximum Gasteiger partial charge on any atom is 0.201 e. The summed E-state index contributed by atoms with van der Waals surface area (Å²) in [5, 5.41) is 15.7. The molecular weight excluding hydrogens is 836 g/mol. The van der Waals surface area contributed by atoms with E-state index in [9.17, 15) is 0 Å². The summed E-state index contributed by atoms with van der Waals surface area (Å²) < 4.78 is 0. The number of hydrogen-bond donors (Lipinski definition) is 0. The van der Waals surface area contributed by atoms with Gasteiger partial charge in [0.05, 0.1) is 17.5 Å². The van der Waals surface area contributed by atoms with Crippen LogP contribution in [0.15, 0.2) is 194 Å². The van der Waals surface area contributed by atoms with Crippen molar-refractivity contribution in [1.82, 2.24) is 4.90 Å². The monoisotopic (exact) mass is 888 g/mol. The van der Waals surface area contributed by atoms with Crippen LogP contribution in [0.4, 0.5) is 28.4 Å². The van der Waals surface area contributed by atoms with Gasteiger partial charge in [-0.3, -0.25) is 4.90 Å². The summed E-state index contributed by atoms with van der Waals surface area (Å²) in [6, 6.07) is 65.7. The van der Waals surface area contributed by atoms with Crippen LogP contribution in [0.3, 0.4) is 0 Å². The van der Waals surface area contributed by atoms with Crippen LogP contribution in [-0.2, 0) is 6.42 Å². The van der Waals surface area contributed by atoms with Crippen molar-refractivity contribution in [1.29, 1.82) is 0 Å². The molecule has 0 radical (unpaired) electrons. The fraction of sp³-hybridized carbons (Fsp3) is 0.188. The van der Waals surface area contributed by atoms with Gasteiger partial charge in [0.1, 0.15) is 6.17 Å². The molecule has 4 aliphatic heterocycles. The van der Waals surface area contributed by atoms with Crippen LogP contribution < -0.4 is 20.2 Å². The van der Waals surface area contributed by atoms with E-state index in [1.807, 2.05) is 0 Å². The van der Waals surface area contributed by atoms with Crippen LogP contribution in [0.25, 0.3) is 64.6 Å². The Morgan fingerprint density at radius 1 is 0.464 bits per heavy atom. The van der Waals surface area contributed by atoms with Crippen LogP contribution in [0.5, 0.6) is 0 Å². The number of likely N-dealkylation sites (N-methyl/N-ethyl adjacent to an activating group) is 2. The highest BCUT2D eigenvalue weighted by atomic mass is 15.4. The third-order valence-electron chi connectivity index (χ3n) is 17.6. The van der Waals surface area contributed by atoms with E-state index >= 15 is 0 Å². The number of rotatable bonds is 4. The highest BCUT2D eigenvalue weighted by molar-refractivity contribution is 6.80. The molecule has 332 valence electrons. The standard InChI is InChI=1S/C64H53BN4/c1-5-38-32-34-52-50(36-38)60-63(66(52)3)68(54-28-15-26-48-44-20-9-7-18-40(44)42-22-11-13-24-46(42)58(48)54)56-30-17-31-57-62(56)65(60)61-51-37-39(6-2)33-35-53(51)67(4)64(61)69(57)55-29-16-27-49-45-21-10-8-19-41(45)43-23-12-14-25-47(43)59(49)55/h7-37,50,52,60-61,63-64H,5-6H2,1-4H3. The Hall–Kier alpha value is -7.34. The molecule has 1 fully saturated rings. The van der Waals surface area contributed by atoms with Crippen molar-refractivity contribution in [2.45, 2.75) is 56.7 Å². The Morgan fingerprint density at radius 3 is 1.45 bits per heavy atom. The molecule has 5 heteroatoms. The van der Waals surface area contributed by atoms with Gasteiger partial charge in [0.2, 0.25) is 6.71 Å². The second kappa shape index (κ2) is 14.6. The molecule has 1 aliphatic carbocycles. The van der Waals surface area contributed by atoms with Gasteiger partial charge in [-0.2, -0.15) is 0 Å². The third-order valence-corrected chi connectivity index (χ3v) is 17.6. The highest BCUT2D eigenvalue weighted by Gasteiger charge is 2.64. The lowest BCUT2D eigenvalue weighted by atomic mass is 9.25. The minimum absolute atomic E-state index is 0.0499. The molecule has 6 unspecified atom stereocenters. The van der Waals surface area contributed by atoms with Gasteiger partial charge in [-0.15, -0.1) is 0 Å². The fourth-order valence-electron chi connectivity index (χ4n) is 14.8. The first kappa shape index (κ1) is 39.6. The van der Waals surface area contributed by atoms with Crippen LogP contribution in [-0.4, -0.2) is 44.1 Å². The molecule has 0 N–H and O–H groups in total. The number of fused-ring (bicyclic) bond motifs is 20. The maximum absolute atomic E-state index is 2.84. The summed E-state index contributed by atoms with van der Waals surface area (Å²) in [5.74, 6) is 0.833. The van der Waals surface area contributed by atoms with E-state index in [-0.39, 0.29) is 30.9 Å². The first-order chi connectivity index (χ1) is 34.0. The summed E-state index contributed by atoms with van der Waals surface area (Å²) in [5.41, 5.74) is 12.4. The molecule has 10 aromatic carbocycles.